The summed E-state index contributed by atoms with van der Waals surface area (Å²) in [6, 6.07) is 0. The maximum Gasteiger partial charge on any atom is 0.211 e. The van der Waals surface area contributed by atoms with Gasteiger partial charge in [0, 0.05) is 45.8 Å². The van der Waals surface area contributed by atoms with Crippen molar-refractivity contribution in [3.63, 3.8) is 0 Å². The highest BCUT2D eigenvalue weighted by Gasteiger charge is 2.28. The summed E-state index contributed by atoms with van der Waals surface area (Å²) in [6.07, 6.45) is 7.10. The van der Waals surface area contributed by atoms with Crippen LogP contribution in [0.25, 0.3) is 0 Å². The smallest absolute Gasteiger partial charge is 0.211 e. The van der Waals surface area contributed by atoms with Crippen LogP contribution in [0.3, 0.4) is 0 Å². The Morgan fingerprint density at radius 1 is 1.04 bits per heavy atom. The number of halogens is 1. The van der Waals surface area contributed by atoms with Crippen LogP contribution in [0.2, 0.25) is 0 Å². The van der Waals surface area contributed by atoms with Crippen molar-refractivity contribution in [2.75, 3.05) is 65.2 Å². The van der Waals surface area contributed by atoms with E-state index in [1.54, 1.807) is 4.31 Å². The van der Waals surface area contributed by atoms with Crippen LogP contribution in [0.1, 0.15) is 39.0 Å². The second-order valence-corrected chi connectivity index (χ2v) is 10.4. The Bertz CT molecular complexity index is 601. The number of hydrogen-bond acceptors (Lipinski definition) is 4. The lowest BCUT2D eigenvalue weighted by molar-refractivity contribution is 0.277. The average Bonchev–Trinajstić information content (AvgIpc) is 3.31. The normalized spacial score (nSPS) is 25.9. The zero-order chi connectivity index (χ0) is 19.3. The molecule has 164 valence electrons. The number of guanidine groups is 1. The molecule has 3 heterocycles. The Balaban J connectivity index is 0.00000280. The van der Waals surface area contributed by atoms with Crippen molar-refractivity contribution < 1.29 is 8.42 Å². The van der Waals surface area contributed by atoms with Crippen LogP contribution >= 0.6 is 24.0 Å². The van der Waals surface area contributed by atoms with Crippen LogP contribution in [-0.2, 0) is 10.0 Å². The van der Waals surface area contributed by atoms with Crippen LogP contribution in [0.5, 0.6) is 0 Å². The molecule has 28 heavy (non-hydrogen) atoms. The molecule has 1 atom stereocenters. The van der Waals surface area contributed by atoms with E-state index in [1.165, 1.54) is 45.2 Å². The van der Waals surface area contributed by atoms with Crippen molar-refractivity contribution in [3.8, 4) is 0 Å². The van der Waals surface area contributed by atoms with Gasteiger partial charge < -0.3 is 15.1 Å². The molecule has 0 aromatic rings. The number of piperidine rings is 1. The van der Waals surface area contributed by atoms with Crippen LogP contribution in [-0.4, -0.2) is 93.6 Å². The summed E-state index contributed by atoms with van der Waals surface area (Å²) in [4.78, 5) is 9.97. The molecule has 0 saturated carbocycles. The third kappa shape index (κ3) is 6.98. The van der Waals surface area contributed by atoms with E-state index in [4.69, 9.17) is 4.99 Å². The molecule has 3 aliphatic rings. The molecule has 0 aromatic heterocycles. The SMILES string of the molecule is CCNC(=NCC1CCN(S(C)(=O)=O)CC1)N1CCC(CN2CCCC2)C1.I. The number of likely N-dealkylation sites (tertiary alicyclic amines) is 2. The van der Waals surface area contributed by atoms with E-state index in [-0.39, 0.29) is 24.0 Å². The quantitative estimate of drug-likeness (QED) is 0.324. The summed E-state index contributed by atoms with van der Waals surface area (Å²) in [5, 5.41) is 3.47. The number of sulfonamides is 1. The lowest BCUT2D eigenvalue weighted by Gasteiger charge is -2.30. The van der Waals surface area contributed by atoms with Gasteiger partial charge in [-0.2, -0.15) is 0 Å². The molecule has 3 aliphatic heterocycles. The van der Waals surface area contributed by atoms with Gasteiger partial charge in [0.2, 0.25) is 10.0 Å². The number of nitrogens with one attached hydrogen (secondary N) is 1. The van der Waals surface area contributed by atoms with Crippen molar-refractivity contribution in [1.29, 1.82) is 0 Å². The summed E-state index contributed by atoms with van der Waals surface area (Å²) in [5.74, 6) is 2.29. The third-order valence-electron chi connectivity index (χ3n) is 6.18. The van der Waals surface area contributed by atoms with E-state index >= 15 is 0 Å². The van der Waals surface area contributed by atoms with E-state index < -0.39 is 10.0 Å². The zero-order valence-electron chi connectivity index (χ0n) is 17.5. The molecule has 1 N–H and O–H groups in total. The first-order valence-electron chi connectivity index (χ1n) is 10.7. The van der Waals surface area contributed by atoms with Gasteiger partial charge in [-0.15, -0.1) is 24.0 Å². The topological polar surface area (TPSA) is 68.2 Å². The Kier molecular flexibility index (Phi) is 9.75. The van der Waals surface area contributed by atoms with E-state index in [2.05, 4.69) is 22.0 Å². The number of rotatable bonds is 6. The van der Waals surface area contributed by atoms with E-state index in [1.807, 2.05) is 0 Å². The summed E-state index contributed by atoms with van der Waals surface area (Å²) >= 11 is 0. The van der Waals surface area contributed by atoms with E-state index in [0.29, 0.717) is 19.0 Å². The van der Waals surface area contributed by atoms with Crippen LogP contribution in [0, 0.1) is 11.8 Å². The Morgan fingerprint density at radius 2 is 1.68 bits per heavy atom. The lowest BCUT2D eigenvalue weighted by atomic mass is 9.98. The molecule has 3 rings (SSSR count). The first-order valence-corrected chi connectivity index (χ1v) is 12.5. The molecule has 3 saturated heterocycles. The molecular formula is C19H38IN5O2S. The standard InChI is InChI=1S/C19H37N5O2S.HI/c1-3-20-19(21-14-17-7-12-24(13-8-17)27(2,25)26)23-11-6-18(16-23)15-22-9-4-5-10-22;/h17-18H,3-16H2,1-2H3,(H,20,21);1H. The maximum absolute atomic E-state index is 11.7. The fourth-order valence-corrected chi connectivity index (χ4v) is 5.44. The largest absolute Gasteiger partial charge is 0.357 e. The van der Waals surface area contributed by atoms with Gasteiger partial charge in [0.25, 0.3) is 0 Å². The first kappa shape index (κ1) is 24.1. The van der Waals surface area contributed by atoms with Crippen molar-refractivity contribution in [2.45, 2.75) is 39.0 Å². The average molecular weight is 528 g/mol. The van der Waals surface area contributed by atoms with E-state index in [9.17, 15) is 8.42 Å². The minimum Gasteiger partial charge on any atom is -0.357 e. The molecule has 0 amide bonds. The van der Waals surface area contributed by atoms with Gasteiger partial charge in [0.05, 0.1) is 6.26 Å². The number of aliphatic imine (C=N–C) groups is 1. The molecule has 0 bridgehead atoms. The zero-order valence-corrected chi connectivity index (χ0v) is 20.6. The molecular weight excluding hydrogens is 489 g/mol. The summed E-state index contributed by atoms with van der Waals surface area (Å²) in [5.41, 5.74) is 0. The molecule has 0 aromatic carbocycles. The number of nitrogens with zero attached hydrogens (tertiary/aromatic N) is 4. The van der Waals surface area contributed by atoms with Crippen LogP contribution < -0.4 is 5.32 Å². The highest BCUT2D eigenvalue weighted by Crippen LogP contribution is 2.22. The molecule has 9 heteroatoms. The maximum atomic E-state index is 11.7. The molecule has 0 spiro atoms. The Hall–Kier alpha value is -0.130. The third-order valence-corrected chi connectivity index (χ3v) is 7.48. The van der Waals surface area contributed by atoms with Gasteiger partial charge in [-0.05, 0) is 64.0 Å². The van der Waals surface area contributed by atoms with Crippen molar-refractivity contribution >= 4 is 40.0 Å². The van der Waals surface area contributed by atoms with Crippen molar-refractivity contribution in [1.82, 2.24) is 19.4 Å². The van der Waals surface area contributed by atoms with Gasteiger partial charge in [0.15, 0.2) is 5.96 Å². The minimum absolute atomic E-state index is 0. The molecule has 0 aliphatic carbocycles. The molecule has 3 fully saturated rings. The Labute approximate surface area is 188 Å². The van der Waals surface area contributed by atoms with Gasteiger partial charge in [0.1, 0.15) is 0 Å². The van der Waals surface area contributed by atoms with Crippen molar-refractivity contribution in [3.05, 3.63) is 0 Å². The van der Waals surface area contributed by atoms with Gasteiger partial charge in [-0.25, -0.2) is 12.7 Å². The summed E-state index contributed by atoms with van der Waals surface area (Å²) in [6.45, 7) is 11.1. The van der Waals surface area contributed by atoms with Gasteiger partial charge >= 0.3 is 0 Å². The molecule has 1 unspecified atom stereocenters. The monoisotopic (exact) mass is 527 g/mol. The predicted molar refractivity (Wildman–Crippen MR) is 126 cm³/mol. The fourth-order valence-electron chi connectivity index (χ4n) is 4.57. The van der Waals surface area contributed by atoms with Crippen LogP contribution in [0.15, 0.2) is 4.99 Å². The minimum atomic E-state index is -3.05. The van der Waals surface area contributed by atoms with Crippen molar-refractivity contribution in [2.24, 2.45) is 16.8 Å². The second kappa shape index (κ2) is 11.3. The number of hydrogen-bond donors (Lipinski definition) is 1. The predicted octanol–water partition coefficient (Wildman–Crippen LogP) is 1.66. The molecule has 7 nitrogen and oxygen atoms in total. The lowest BCUT2D eigenvalue weighted by Crippen LogP contribution is -2.42. The van der Waals surface area contributed by atoms with E-state index in [0.717, 1.165) is 50.9 Å². The van der Waals surface area contributed by atoms with Crippen LogP contribution in [0.4, 0.5) is 0 Å². The second-order valence-electron chi connectivity index (χ2n) is 8.41. The fraction of sp³-hybridized carbons (Fsp3) is 0.947. The Morgan fingerprint density at radius 3 is 2.29 bits per heavy atom. The molecule has 0 radical (unpaired) electrons. The van der Waals surface area contributed by atoms with Gasteiger partial charge in [-0.1, -0.05) is 0 Å². The highest BCUT2D eigenvalue weighted by molar-refractivity contribution is 14.0. The summed E-state index contributed by atoms with van der Waals surface area (Å²) in [7, 11) is -3.05. The highest BCUT2D eigenvalue weighted by atomic mass is 127. The summed E-state index contributed by atoms with van der Waals surface area (Å²) < 4.78 is 24.9. The van der Waals surface area contributed by atoms with Gasteiger partial charge in [-0.3, -0.25) is 4.99 Å². The first-order chi connectivity index (χ1) is 13.0.